The molecule has 0 aliphatic rings. The van der Waals surface area contributed by atoms with E-state index in [1.807, 2.05) is 0 Å². The van der Waals surface area contributed by atoms with Crippen LogP contribution in [0, 0.1) is 6.92 Å². The Kier molecular flexibility index (Phi) is 5.69. The Balaban J connectivity index is 2.23. The van der Waals surface area contributed by atoms with E-state index in [1.165, 1.54) is 5.56 Å². The summed E-state index contributed by atoms with van der Waals surface area (Å²) in [5.74, 6) is 0. The molecule has 5 heteroatoms. The average Bonchev–Trinajstić information content (AvgIpc) is 2.88. The fourth-order valence-electron chi connectivity index (χ4n) is 2.08. The van der Waals surface area contributed by atoms with Gasteiger partial charge < -0.3 is 5.32 Å². The minimum Gasteiger partial charge on any atom is -0.308 e. The number of hydrogen-bond acceptors (Lipinski definition) is 4. The minimum absolute atomic E-state index is 0.314. The Morgan fingerprint density at radius 3 is 2.70 bits per heavy atom. The van der Waals surface area contributed by atoms with Crippen molar-refractivity contribution in [3.63, 3.8) is 0 Å². The fourth-order valence-corrected chi connectivity index (χ4v) is 3.67. The first kappa shape index (κ1) is 15.6. The molecule has 1 heterocycles. The SMILES string of the molecule is CCCNC(CC)c1nnc(-c2cc(C)cc(Br)c2)s1. The number of benzene rings is 1. The molecule has 0 amide bonds. The number of hydrogen-bond donors (Lipinski definition) is 1. The maximum absolute atomic E-state index is 4.37. The Morgan fingerprint density at radius 2 is 2.05 bits per heavy atom. The zero-order chi connectivity index (χ0) is 14.5. The molecule has 1 aromatic heterocycles. The molecule has 2 rings (SSSR count). The lowest BCUT2D eigenvalue weighted by atomic mass is 10.1. The Hall–Kier alpha value is -0.780. The van der Waals surface area contributed by atoms with Crippen molar-refractivity contribution < 1.29 is 0 Å². The van der Waals surface area contributed by atoms with Gasteiger partial charge in [0.1, 0.15) is 10.0 Å². The topological polar surface area (TPSA) is 37.8 Å². The van der Waals surface area contributed by atoms with Crippen molar-refractivity contribution >= 4 is 27.3 Å². The third-order valence-corrected chi connectivity index (χ3v) is 4.62. The molecule has 0 saturated carbocycles. The third kappa shape index (κ3) is 3.87. The van der Waals surface area contributed by atoms with Gasteiger partial charge in [-0.15, -0.1) is 10.2 Å². The van der Waals surface area contributed by atoms with Crippen LogP contribution in [-0.4, -0.2) is 16.7 Å². The molecule has 1 atom stereocenters. The summed E-state index contributed by atoms with van der Waals surface area (Å²) in [6.07, 6.45) is 2.17. The van der Waals surface area contributed by atoms with Crippen LogP contribution in [0.2, 0.25) is 0 Å². The summed E-state index contributed by atoms with van der Waals surface area (Å²) < 4.78 is 1.08. The van der Waals surface area contributed by atoms with E-state index < -0.39 is 0 Å². The van der Waals surface area contributed by atoms with E-state index in [0.717, 1.165) is 39.4 Å². The first-order chi connectivity index (χ1) is 9.63. The maximum atomic E-state index is 4.37. The van der Waals surface area contributed by atoms with E-state index in [1.54, 1.807) is 11.3 Å². The smallest absolute Gasteiger partial charge is 0.147 e. The number of halogens is 1. The van der Waals surface area contributed by atoms with Crippen LogP contribution in [0.5, 0.6) is 0 Å². The van der Waals surface area contributed by atoms with Crippen LogP contribution in [0.1, 0.15) is 43.3 Å². The van der Waals surface area contributed by atoms with Crippen LogP contribution >= 0.6 is 27.3 Å². The van der Waals surface area contributed by atoms with Gasteiger partial charge in [-0.05, 0) is 50.1 Å². The summed E-state index contributed by atoms with van der Waals surface area (Å²) >= 11 is 5.22. The van der Waals surface area contributed by atoms with Gasteiger partial charge in [0, 0.05) is 10.0 Å². The molecular formula is C15H20BrN3S. The molecule has 0 radical (unpaired) electrons. The maximum Gasteiger partial charge on any atom is 0.147 e. The highest BCUT2D eigenvalue weighted by atomic mass is 79.9. The number of nitrogens with one attached hydrogen (secondary N) is 1. The normalized spacial score (nSPS) is 12.6. The second-order valence-electron chi connectivity index (χ2n) is 4.88. The summed E-state index contributed by atoms with van der Waals surface area (Å²) in [6, 6.07) is 6.66. The summed E-state index contributed by atoms with van der Waals surface area (Å²) in [7, 11) is 0. The van der Waals surface area contributed by atoms with Crippen molar-refractivity contribution in [2.24, 2.45) is 0 Å². The molecule has 0 spiro atoms. The number of rotatable bonds is 6. The van der Waals surface area contributed by atoms with Crippen molar-refractivity contribution in [1.82, 2.24) is 15.5 Å². The zero-order valence-corrected chi connectivity index (χ0v) is 14.5. The minimum atomic E-state index is 0.314. The molecular weight excluding hydrogens is 334 g/mol. The van der Waals surface area contributed by atoms with Gasteiger partial charge >= 0.3 is 0 Å². The molecule has 20 heavy (non-hydrogen) atoms. The van der Waals surface area contributed by atoms with Crippen molar-refractivity contribution in [3.8, 4) is 10.6 Å². The van der Waals surface area contributed by atoms with Crippen molar-refractivity contribution in [2.45, 2.75) is 39.7 Å². The summed E-state index contributed by atoms with van der Waals surface area (Å²) in [6.45, 7) is 7.46. The van der Waals surface area contributed by atoms with Crippen LogP contribution < -0.4 is 5.32 Å². The molecule has 1 unspecified atom stereocenters. The number of aromatic nitrogens is 2. The molecule has 0 aliphatic heterocycles. The molecule has 108 valence electrons. The first-order valence-electron chi connectivity index (χ1n) is 6.98. The van der Waals surface area contributed by atoms with E-state index in [-0.39, 0.29) is 0 Å². The molecule has 0 aliphatic carbocycles. The number of aryl methyl sites for hydroxylation is 1. The van der Waals surface area contributed by atoms with Crippen LogP contribution in [0.3, 0.4) is 0 Å². The van der Waals surface area contributed by atoms with E-state index in [0.29, 0.717) is 6.04 Å². The lowest BCUT2D eigenvalue weighted by molar-refractivity contribution is 0.513. The van der Waals surface area contributed by atoms with Crippen LogP contribution in [-0.2, 0) is 0 Å². The quantitative estimate of drug-likeness (QED) is 0.815. The van der Waals surface area contributed by atoms with Crippen LogP contribution in [0.25, 0.3) is 10.6 Å². The Labute approximate surface area is 133 Å². The van der Waals surface area contributed by atoms with Crippen molar-refractivity contribution in [1.29, 1.82) is 0 Å². The van der Waals surface area contributed by atoms with E-state index in [2.05, 4.69) is 70.4 Å². The molecule has 2 aromatic rings. The van der Waals surface area contributed by atoms with Gasteiger partial charge in [-0.25, -0.2) is 0 Å². The monoisotopic (exact) mass is 353 g/mol. The Morgan fingerprint density at radius 1 is 1.25 bits per heavy atom. The lowest BCUT2D eigenvalue weighted by Gasteiger charge is -2.12. The van der Waals surface area contributed by atoms with E-state index >= 15 is 0 Å². The fraction of sp³-hybridized carbons (Fsp3) is 0.467. The Bertz CT molecular complexity index is 548. The first-order valence-corrected chi connectivity index (χ1v) is 8.59. The lowest BCUT2D eigenvalue weighted by Crippen LogP contribution is -2.21. The molecule has 0 bridgehead atoms. The highest BCUT2D eigenvalue weighted by molar-refractivity contribution is 9.10. The summed E-state index contributed by atoms with van der Waals surface area (Å²) in [5, 5.41) is 14.3. The zero-order valence-electron chi connectivity index (χ0n) is 12.1. The predicted octanol–water partition coefficient (Wildman–Crippen LogP) is 4.73. The second-order valence-corrected chi connectivity index (χ2v) is 6.80. The van der Waals surface area contributed by atoms with Gasteiger partial charge in [-0.3, -0.25) is 0 Å². The molecule has 0 saturated heterocycles. The molecule has 1 N–H and O–H groups in total. The second kappa shape index (κ2) is 7.29. The highest BCUT2D eigenvalue weighted by Gasteiger charge is 2.15. The highest BCUT2D eigenvalue weighted by Crippen LogP contribution is 2.30. The molecule has 1 aromatic carbocycles. The van der Waals surface area contributed by atoms with Gasteiger partial charge in [-0.1, -0.05) is 41.1 Å². The van der Waals surface area contributed by atoms with Gasteiger partial charge in [0.15, 0.2) is 0 Å². The van der Waals surface area contributed by atoms with Crippen molar-refractivity contribution in [3.05, 3.63) is 33.2 Å². The third-order valence-electron chi connectivity index (χ3n) is 3.08. The number of nitrogens with zero attached hydrogens (tertiary/aromatic N) is 2. The average molecular weight is 354 g/mol. The van der Waals surface area contributed by atoms with Gasteiger partial charge in [0.05, 0.1) is 6.04 Å². The largest absolute Gasteiger partial charge is 0.308 e. The van der Waals surface area contributed by atoms with Gasteiger partial charge in [-0.2, -0.15) is 0 Å². The van der Waals surface area contributed by atoms with Crippen molar-refractivity contribution in [2.75, 3.05) is 6.54 Å². The van der Waals surface area contributed by atoms with Crippen LogP contribution in [0.4, 0.5) is 0 Å². The standard InChI is InChI=1S/C15H20BrN3S/c1-4-6-17-13(5-2)15-19-18-14(20-15)11-7-10(3)8-12(16)9-11/h7-9,13,17H,4-6H2,1-3H3. The molecule has 3 nitrogen and oxygen atoms in total. The van der Waals surface area contributed by atoms with Crippen LogP contribution in [0.15, 0.2) is 22.7 Å². The van der Waals surface area contributed by atoms with Gasteiger partial charge in [0.25, 0.3) is 0 Å². The van der Waals surface area contributed by atoms with Gasteiger partial charge in [0.2, 0.25) is 0 Å². The summed E-state index contributed by atoms with van der Waals surface area (Å²) in [4.78, 5) is 0. The predicted molar refractivity (Wildman–Crippen MR) is 89.1 cm³/mol. The van der Waals surface area contributed by atoms with E-state index in [4.69, 9.17) is 0 Å². The molecule has 0 fully saturated rings. The van der Waals surface area contributed by atoms with E-state index in [9.17, 15) is 0 Å². The summed E-state index contributed by atoms with van der Waals surface area (Å²) in [5.41, 5.74) is 2.35.